The van der Waals surface area contributed by atoms with Crippen LogP contribution in [0.15, 0.2) is 21.1 Å². The van der Waals surface area contributed by atoms with Crippen LogP contribution in [0.5, 0.6) is 5.75 Å². The van der Waals surface area contributed by atoms with E-state index in [9.17, 15) is 4.79 Å². The number of anilines is 1. The lowest BCUT2D eigenvalue weighted by Gasteiger charge is -2.19. The zero-order valence-electron chi connectivity index (χ0n) is 10.4. The Balaban J connectivity index is 2.72. The van der Waals surface area contributed by atoms with Gasteiger partial charge in [-0.15, -0.1) is 0 Å². The molecule has 0 aliphatic carbocycles. The maximum absolute atomic E-state index is 11.8. The lowest BCUT2D eigenvalue weighted by atomic mass is 10.3. The van der Waals surface area contributed by atoms with E-state index in [1.54, 1.807) is 17.0 Å². The van der Waals surface area contributed by atoms with Crippen molar-refractivity contribution >= 4 is 43.5 Å². The molecular weight excluding hydrogens is 364 g/mol. The summed E-state index contributed by atoms with van der Waals surface area (Å²) in [6.07, 6.45) is 0. The highest BCUT2D eigenvalue weighted by atomic mass is 79.9. The van der Waals surface area contributed by atoms with Gasteiger partial charge in [0.2, 0.25) is 0 Å². The van der Waals surface area contributed by atoms with E-state index in [2.05, 4.69) is 31.9 Å². The molecule has 0 saturated carbocycles. The largest absolute Gasteiger partial charge is 0.481 e. The fraction of sp³-hybridized carbons (Fsp3) is 0.417. The smallest absolute Gasteiger partial charge is 0.260 e. The summed E-state index contributed by atoms with van der Waals surface area (Å²) in [7, 11) is 0. The molecule has 2 N–H and O–H groups in total. The molecule has 4 nitrogen and oxygen atoms in total. The minimum absolute atomic E-state index is 0.0167. The summed E-state index contributed by atoms with van der Waals surface area (Å²) < 4.78 is 6.98. The summed E-state index contributed by atoms with van der Waals surface area (Å²) >= 11 is 6.72. The quantitative estimate of drug-likeness (QED) is 0.800. The topological polar surface area (TPSA) is 55.6 Å². The molecule has 0 unspecified atom stereocenters. The number of carbonyl (C=O) groups excluding carboxylic acids is 1. The number of nitrogen functional groups attached to an aromatic ring is 1. The highest BCUT2D eigenvalue weighted by molar-refractivity contribution is 9.11. The first-order valence-corrected chi connectivity index (χ1v) is 7.23. The standard InChI is InChI=1S/C12H16Br2N2O2/c1-3-16(4-2)11(17)7-18-12-9(13)5-8(15)6-10(12)14/h5-6H,3-4,7,15H2,1-2H3. The minimum Gasteiger partial charge on any atom is -0.481 e. The third kappa shape index (κ3) is 3.88. The lowest BCUT2D eigenvalue weighted by Crippen LogP contribution is -2.34. The maximum atomic E-state index is 11.8. The van der Waals surface area contributed by atoms with E-state index in [0.29, 0.717) is 24.5 Å². The van der Waals surface area contributed by atoms with Crippen LogP contribution in [0.2, 0.25) is 0 Å². The van der Waals surface area contributed by atoms with Gasteiger partial charge < -0.3 is 15.4 Å². The normalized spacial score (nSPS) is 10.2. The number of hydrogen-bond acceptors (Lipinski definition) is 3. The molecule has 0 radical (unpaired) electrons. The highest BCUT2D eigenvalue weighted by Gasteiger charge is 2.13. The summed E-state index contributed by atoms with van der Waals surface area (Å²) in [5.74, 6) is 0.556. The van der Waals surface area contributed by atoms with Gasteiger partial charge >= 0.3 is 0 Å². The fourth-order valence-electron chi connectivity index (χ4n) is 1.52. The van der Waals surface area contributed by atoms with Crippen molar-refractivity contribution in [1.29, 1.82) is 0 Å². The van der Waals surface area contributed by atoms with Crippen LogP contribution in [0.1, 0.15) is 13.8 Å². The molecule has 6 heteroatoms. The van der Waals surface area contributed by atoms with Gasteiger partial charge in [0, 0.05) is 18.8 Å². The van der Waals surface area contributed by atoms with Crippen LogP contribution in [0.3, 0.4) is 0 Å². The monoisotopic (exact) mass is 378 g/mol. The summed E-state index contributed by atoms with van der Waals surface area (Å²) in [5.41, 5.74) is 6.31. The third-order valence-electron chi connectivity index (χ3n) is 2.48. The zero-order valence-corrected chi connectivity index (χ0v) is 13.5. The second-order valence-corrected chi connectivity index (χ2v) is 5.38. The van der Waals surface area contributed by atoms with Crippen LogP contribution in [0.25, 0.3) is 0 Å². The van der Waals surface area contributed by atoms with Gasteiger partial charge in [0.05, 0.1) is 8.95 Å². The molecule has 18 heavy (non-hydrogen) atoms. The molecule has 0 spiro atoms. The molecule has 0 bridgehead atoms. The molecule has 1 aromatic rings. The van der Waals surface area contributed by atoms with Crippen LogP contribution in [-0.4, -0.2) is 30.5 Å². The fourth-order valence-corrected chi connectivity index (χ4v) is 2.97. The van der Waals surface area contributed by atoms with Crippen molar-refractivity contribution in [3.63, 3.8) is 0 Å². The Hall–Kier alpha value is -0.750. The Bertz CT molecular complexity index is 411. The van der Waals surface area contributed by atoms with E-state index in [1.165, 1.54) is 0 Å². The molecule has 0 aliphatic heterocycles. The summed E-state index contributed by atoms with van der Waals surface area (Å²) in [4.78, 5) is 13.5. The first-order chi connectivity index (χ1) is 8.49. The molecule has 100 valence electrons. The van der Waals surface area contributed by atoms with Crippen molar-refractivity contribution in [1.82, 2.24) is 4.90 Å². The van der Waals surface area contributed by atoms with Crippen molar-refractivity contribution < 1.29 is 9.53 Å². The molecule has 0 saturated heterocycles. The van der Waals surface area contributed by atoms with Gasteiger partial charge in [-0.1, -0.05) is 0 Å². The number of amides is 1. The Morgan fingerprint density at radius 1 is 1.28 bits per heavy atom. The van der Waals surface area contributed by atoms with Crippen molar-refractivity contribution in [2.75, 3.05) is 25.4 Å². The maximum Gasteiger partial charge on any atom is 0.260 e. The highest BCUT2D eigenvalue weighted by Crippen LogP contribution is 2.35. The van der Waals surface area contributed by atoms with Crippen molar-refractivity contribution in [2.24, 2.45) is 0 Å². The van der Waals surface area contributed by atoms with Crippen LogP contribution >= 0.6 is 31.9 Å². The number of halogens is 2. The number of likely N-dealkylation sites (N-methyl/N-ethyl adjacent to an activating group) is 1. The molecule has 1 aromatic carbocycles. The predicted molar refractivity (Wildman–Crippen MR) is 79.7 cm³/mol. The molecule has 0 aliphatic rings. The number of ether oxygens (including phenoxy) is 1. The zero-order chi connectivity index (χ0) is 13.7. The number of nitrogens with zero attached hydrogens (tertiary/aromatic N) is 1. The third-order valence-corrected chi connectivity index (χ3v) is 3.65. The molecule has 1 amide bonds. The van der Waals surface area contributed by atoms with Crippen LogP contribution in [0.4, 0.5) is 5.69 Å². The Morgan fingerprint density at radius 2 is 1.78 bits per heavy atom. The molecule has 1 rings (SSSR count). The van der Waals surface area contributed by atoms with E-state index >= 15 is 0 Å². The Labute approximate surface area is 124 Å². The average Bonchev–Trinajstić information content (AvgIpc) is 2.29. The number of carbonyl (C=O) groups is 1. The first-order valence-electron chi connectivity index (χ1n) is 5.64. The lowest BCUT2D eigenvalue weighted by molar-refractivity contribution is -0.132. The van der Waals surface area contributed by atoms with Gasteiger partial charge in [0.25, 0.3) is 5.91 Å². The van der Waals surface area contributed by atoms with E-state index in [1.807, 2.05) is 13.8 Å². The van der Waals surface area contributed by atoms with Gasteiger partial charge in [-0.3, -0.25) is 4.79 Å². The van der Waals surface area contributed by atoms with Crippen molar-refractivity contribution in [3.05, 3.63) is 21.1 Å². The predicted octanol–water partition coefficient (Wildman–Crippen LogP) is 3.04. The van der Waals surface area contributed by atoms with Gasteiger partial charge in [0.1, 0.15) is 5.75 Å². The van der Waals surface area contributed by atoms with Crippen LogP contribution < -0.4 is 10.5 Å². The van der Waals surface area contributed by atoms with Gasteiger partial charge in [0.15, 0.2) is 6.61 Å². The number of rotatable bonds is 5. The van der Waals surface area contributed by atoms with Crippen LogP contribution in [-0.2, 0) is 4.79 Å². The average molecular weight is 380 g/mol. The molecular formula is C12H16Br2N2O2. The summed E-state index contributed by atoms with van der Waals surface area (Å²) in [6.45, 7) is 5.27. The second kappa shape index (κ2) is 6.99. The molecule has 0 heterocycles. The molecule has 0 atom stereocenters. The summed E-state index contributed by atoms with van der Waals surface area (Å²) in [6, 6.07) is 3.48. The summed E-state index contributed by atoms with van der Waals surface area (Å²) in [5, 5.41) is 0. The van der Waals surface area contributed by atoms with Gasteiger partial charge in [-0.05, 0) is 57.8 Å². The minimum atomic E-state index is -0.0318. The number of nitrogens with two attached hydrogens (primary N) is 1. The van der Waals surface area contributed by atoms with E-state index in [0.717, 1.165) is 8.95 Å². The molecule has 0 aromatic heterocycles. The van der Waals surface area contributed by atoms with E-state index < -0.39 is 0 Å². The van der Waals surface area contributed by atoms with Gasteiger partial charge in [-0.2, -0.15) is 0 Å². The van der Waals surface area contributed by atoms with Crippen molar-refractivity contribution in [2.45, 2.75) is 13.8 Å². The second-order valence-electron chi connectivity index (χ2n) is 3.67. The number of hydrogen-bond donors (Lipinski definition) is 1. The van der Waals surface area contributed by atoms with E-state index in [-0.39, 0.29) is 12.5 Å². The Morgan fingerprint density at radius 3 is 2.22 bits per heavy atom. The van der Waals surface area contributed by atoms with Crippen LogP contribution in [0, 0.1) is 0 Å². The van der Waals surface area contributed by atoms with Crippen molar-refractivity contribution in [3.8, 4) is 5.75 Å². The Kier molecular flexibility index (Phi) is 5.95. The van der Waals surface area contributed by atoms with Gasteiger partial charge in [-0.25, -0.2) is 0 Å². The van der Waals surface area contributed by atoms with E-state index in [4.69, 9.17) is 10.5 Å². The SMILES string of the molecule is CCN(CC)C(=O)COc1c(Br)cc(N)cc1Br. The molecule has 0 fully saturated rings. The first kappa shape index (κ1) is 15.3. The number of benzene rings is 1.